The van der Waals surface area contributed by atoms with Gasteiger partial charge in [-0.1, -0.05) is 11.6 Å². The number of aliphatic carboxylic acids is 1. The van der Waals surface area contributed by atoms with Crippen molar-refractivity contribution >= 4 is 35.0 Å². The Hall–Kier alpha value is -1.59. The van der Waals surface area contributed by atoms with Crippen LogP contribution in [0.4, 0.5) is 0 Å². The maximum absolute atomic E-state index is 10.4. The van der Waals surface area contributed by atoms with Crippen LogP contribution >= 0.6 is 22.9 Å². The minimum atomic E-state index is -0.945. The van der Waals surface area contributed by atoms with E-state index in [0.717, 1.165) is 21.5 Å². The third kappa shape index (κ3) is 3.00. The quantitative estimate of drug-likeness (QED) is 0.877. The van der Waals surface area contributed by atoms with Crippen LogP contribution < -0.4 is 0 Å². The van der Waals surface area contributed by atoms with Gasteiger partial charge >= 0.3 is 5.97 Å². The van der Waals surface area contributed by atoms with Crippen molar-refractivity contribution in [2.24, 2.45) is 0 Å². The third-order valence-electron chi connectivity index (χ3n) is 2.42. The number of hydrogen-bond donors (Lipinski definition) is 1. The van der Waals surface area contributed by atoms with Gasteiger partial charge in [0.05, 0.1) is 23.5 Å². The SMILES string of the molecule is Cc1c(Cl)cnn1Cc1ccc(C=CC(=O)O)s1. The number of nitrogens with zero attached hydrogens (tertiary/aromatic N) is 2. The Kier molecular flexibility index (Phi) is 3.84. The summed E-state index contributed by atoms with van der Waals surface area (Å²) in [6, 6.07) is 3.85. The lowest BCUT2D eigenvalue weighted by molar-refractivity contribution is -0.131. The fraction of sp³-hybridized carbons (Fsp3) is 0.167. The Morgan fingerprint density at radius 1 is 1.61 bits per heavy atom. The first-order chi connectivity index (χ1) is 8.56. The van der Waals surface area contributed by atoms with Crippen LogP contribution in [0.15, 0.2) is 24.4 Å². The van der Waals surface area contributed by atoms with Gasteiger partial charge in [-0.3, -0.25) is 4.68 Å². The van der Waals surface area contributed by atoms with Gasteiger partial charge in [0, 0.05) is 15.8 Å². The van der Waals surface area contributed by atoms with E-state index < -0.39 is 5.97 Å². The van der Waals surface area contributed by atoms with Crippen LogP contribution in [0.5, 0.6) is 0 Å². The number of halogens is 1. The molecule has 18 heavy (non-hydrogen) atoms. The van der Waals surface area contributed by atoms with E-state index in [0.29, 0.717) is 11.6 Å². The van der Waals surface area contributed by atoms with E-state index >= 15 is 0 Å². The molecule has 0 atom stereocenters. The van der Waals surface area contributed by atoms with E-state index in [-0.39, 0.29) is 0 Å². The van der Waals surface area contributed by atoms with E-state index in [2.05, 4.69) is 5.10 Å². The molecular formula is C12H11ClN2O2S. The summed E-state index contributed by atoms with van der Waals surface area (Å²) in [6.45, 7) is 2.55. The maximum atomic E-state index is 10.4. The predicted octanol–water partition coefficient (Wildman–Crippen LogP) is 3.05. The normalized spacial score (nSPS) is 11.2. The van der Waals surface area contributed by atoms with Crippen LogP contribution in [-0.2, 0) is 11.3 Å². The predicted molar refractivity (Wildman–Crippen MR) is 72.1 cm³/mol. The highest BCUT2D eigenvalue weighted by atomic mass is 35.5. The van der Waals surface area contributed by atoms with E-state index in [1.165, 1.54) is 11.3 Å². The highest BCUT2D eigenvalue weighted by Gasteiger charge is 2.06. The summed E-state index contributed by atoms with van der Waals surface area (Å²) in [5.41, 5.74) is 0.924. The Labute approximate surface area is 113 Å². The lowest BCUT2D eigenvalue weighted by atomic mass is 10.4. The molecule has 0 unspecified atom stereocenters. The second kappa shape index (κ2) is 5.37. The summed E-state index contributed by atoms with van der Waals surface area (Å²) >= 11 is 7.46. The second-order valence-electron chi connectivity index (χ2n) is 3.71. The van der Waals surface area contributed by atoms with Crippen molar-refractivity contribution in [1.29, 1.82) is 0 Å². The van der Waals surface area contributed by atoms with E-state index in [1.807, 2.05) is 23.7 Å². The molecule has 0 aliphatic heterocycles. The Morgan fingerprint density at radius 3 is 3.00 bits per heavy atom. The van der Waals surface area contributed by atoms with Crippen LogP contribution in [0, 0.1) is 6.92 Å². The molecule has 0 saturated carbocycles. The molecule has 0 bridgehead atoms. The molecule has 0 spiro atoms. The minimum absolute atomic E-state index is 0.643. The molecule has 6 heteroatoms. The van der Waals surface area contributed by atoms with Crippen molar-refractivity contribution in [3.05, 3.63) is 44.9 Å². The standard InChI is InChI=1S/C12H11ClN2O2S/c1-8-11(13)6-14-15(8)7-10-3-2-9(18-10)4-5-12(16)17/h2-6H,7H2,1H3,(H,16,17). The molecule has 2 rings (SSSR count). The average Bonchev–Trinajstić information content (AvgIpc) is 2.89. The van der Waals surface area contributed by atoms with Crippen LogP contribution in [-0.4, -0.2) is 20.9 Å². The number of hydrogen-bond acceptors (Lipinski definition) is 3. The third-order valence-corrected chi connectivity index (χ3v) is 3.83. The molecule has 0 aromatic carbocycles. The van der Waals surface area contributed by atoms with Gasteiger partial charge in [0.25, 0.3) is 0 Å². The fourth-order valence-electron chi connectivity index (χ4n) is 1.45. The summed E-state index contributed by atoms with van der Waals surface area (Å²) in [5, 5.41) is 13.4. The maximum Gasteiger partial charge on any atom is 0.328 e. The Balaban J connectivity index is 2.11. The zero-order valence-electron chi connectivity index (χ0n) is 9.63. The monoisotopic (exact) mass is 282 g/mol. The highest BCUT2D eigenvalue weighted by molar-refractivity contribution is 7.12. The first kappa shape index (κ1) is 12.9. The van der Waals surface area contributed by atoms with Crippen molar-refractivity contribution < 1.29 is 9.90 Å². The second-order valence-corrected chi connectivity index (χ2v) is 5.32. The first-order valence-corrected chi connectivity index (χ1v) is 6.43. The Morgan fingerprint density at radius 2 is 2.39 bits per heavy atom. The summed E-state index contributed by atoms with van der Waals surface area (Å²) in [6.07, 6.45) is 4.33. The minimum Gasteiger partial charge on any atom is -0.478 e. The molecule has 0 saturated heterocycles. The lowest BCUT2D eigenvalue weighted by Gasteiger charge is -2.01. The molecule has 0 amide bonds. The number of carbonyl (C=O) groups is 1. The van der Waals surface area contributed by atoms with Crippen molar-refractivity contribution in [2.45, 2.75) is 13.5 Å². The van der Waals surface area contributed by atoms with Crippen molar-refractivity contribution in [1.82, 2.24) is 9.78 Å². The molecule has 2 aromatic rings. The van der Waals surface area contributed by atoms with Crippen molar-refractivity contribution in [3.63, 3.8) is 0 Å². The van der Waals surface area contributed by atoms with Gasteiger partial charge in [-0.15, -0.1) is 11.3 Å². The molecule has 2 heterocycles. The topological polar surface area (TPSA) is 55.1 Å². The molecule has 0 radical (unpaired) electrons. The lowest BCUT2D eigenvalue weighted by Crippen LogP contribution is -2.01. The summed E-state index contributed by atoms with van der Waals surface area (Å²) in [4.78, 5) is 12.4. The largest absolute Gasteiger partial charge is 0.478 e. The number of thiophene rings is 1. The highest BCUT2D eigenvalue weighted by Crippen LogP contribution is 2.21. The van der Waals surface area contributed by atoms with Gasteiger partial charge in [-0.25, -0.2) is 4.79 Å². The molecule has 2 aromatic heterocycles. The smallest absolute Gasteiger partial charge is 0.328 e. The molecule has 4 nitrogen and oxygen atoms in total. The van der Waals surface area contributed by atoms with Gasteiger partial charge < -0.3 is 5.11 Å². The molecule has 1 N–H and O–H groups in total. The number of aromatic nitrogens is 2. The average molecular weight is 283 g/mol. The van der Waals surface area contributed by atoms with Gasteiger partial charge in [0.15, 0.2) is 0 Å². The van der Waals surface area contributed by atoms with Crippen molar-refractivity contribution in [3.8, 4) is 0 Å². The molecule has 0 aliphatic carbocycles. The van der Waals surface area contributed by atoms with Crippen molar-refractivity contribution in [2.75, 3.05) is 0 Å². The van der Waals surface area contributed by atoms with Crippen LogP contribution in [0.2, 0.25) is 5.02 Å². The number of rotatable bonds is 4. The number of carboxylic acids is 1. The summed E-state index contributed by atoms with van der Waals surface area (Å²) in [7, 11) is 0. The summed E-state index contributed by atoms with van der Waals surface area (Å²) in [5.74, 6) is -0.945. The van der Waals surface area contributed by atoms with Crippen LogP contribution in [0.25, 0.3) is 6.08 Å². The first-order valence-electron chi connectivity index (χ1n) is 5.24. The van der Waals surface area contributed by atoms with E-state index in [9.17, 15) is 4.79 Å². The van der Waals surface area contributed by atoms with Crippen LogP contribution in [0.3, 0.4) is 0 Å². The zero-order chi connectivity index (χ0) is 13.1. The molecule has 0 fully saturated rings. The Bertz CT molecular complexity index is 601. The molecule has 0 aliphatic rings. The van der Waals surface area contributed by atoms with E-state index in [1.54, 1.807) is 12.3 Å². The van der Waals surface area contributed by atoms with Gasteiger partial charge in [0.2, 0.25) is 0 Å². The summed E-state index contributed by atoms with van der Waals surface area (Å²) < 4.78 is 1.82. The van der Waals surface area contributed by atoms with Crippen LogP contribution in [0.1, 0.15) is 15.4 Å². The van der Waals surface area contributed by atoms with Gasteiger partial charge in [0.1, 0.15) is 0 Å². The van der Waals surface area contributed by atoms with E-state index in [4.69, 9.17) is 16.7 Å². The molecular weight excluding hydrogens is 272 g/mol. The molecule has 94 valence electrons. The number of carboxylic acid groups (broad SMARTS) is 1. The van der Waals surface area contributed by atoms with Gasteiger partial charge in [-0.05, 0) is 25.1 Å². The zero-order valence-corrected chi connectivity index (χ0v) is 11.2. The van der Waals surface area contributed by atoms with Gasteiger partial charge in [-0.2, -0.15) is 5.10 Å². The fourth-order valence-corrected chi connectivity index (χ4v) is 2.49.